The SMILES string of the molecule is OB(O)C1=CCC=C(Cl)C=C1. The van der Waals surface area contributed by atoms with Crippen LogP contribution in [0.4, 0.5) is 0 Å². The second-order valence-electron chi connectivity index (χ2n) is 2.24. The Labute approximate surface area is 70.6 Å². The highest BCUT2D eigenvalue weighted by molar-refractivity contribution is 6.51. The van der Waals surface area contributed by atoms with Crippen molar-refractivity contribution in [1.29, 1.82) is 0 Å². The third-order valence-corrected chi connectivity index (χ3v) is 1.68. The smallest absolute Gasteiger partial charge is 0.423 e. The summed E-state index contributed by atoms with van der Waals surface area (Å²) in [6.45, 7) is 0. The first-order chi connectivity index (χ1) is 5.20. The van der Waals surface area contributed by atoms with Crippen molar-refractivity contribution in [3.05, 3.63) is 34.8 Å². The highest BCUT2D eigenvalue weighted by atomic mass is 35.5. The highest BCUT2D eigenvalue weighted by Crippen LogP contribution is 2.13. The molecule has 0 atom stereocenters. The van der Waals surface area contributed by atoms with Crippen molar-refractivity contribution >= 4 is 18.7 Å². The molecule has 0 spiro atoms. The van der Waals surface area contributed by atoms with Gasteiger partial charge in [0.2, 0.25) is 0 Å². The monoisotopic (exact) mass is 170 g/mol. The van der Waals surface area contributed by atoms with Crippen molar-refractivity contribution < 1.29 is 10.0 Å². The molecule has 0 aliphatic heterocycles. The van der Waals surface area contributed by atoms with Crippen LogP contribution in [0.15, 0.2) is 34.8 Å². The van der Waals surface area contributed by atoms with Gasteiger partial charge in [0.1, 0.15) is 0 Å². The minimum atomic E-state index is -1.40. The van der Waals surface area contributed by atoms with E-state index in [0.29, 0.717) is 16.9 Å². The van der Waals surface area contributed by atoms with Gasteiger partial charge in [-0.1, -0.05) is 29.8 Å². The van der Waals surface area contributed by atoms with E-state index in [-0.39, 0.29) is 0 Å². The van der Waals surface area contributed by atoms with Crippen LogP contribution < -0.4 is 0 Å². The summed E-state index contributed by atoms with van der Waals surface area (Å²) in [5.41, 5.74) is 0.483. The minimum absolute atomic E-state index is 0.483. The summed E-state index contributed by atoms with van der Waals surface area (Å²) in [5.74, 6) is 0. The second-order valence-corrected chi connectivity index (χ2v) is 2.67. The topological polar surface area (TPSA) is 40.5 Å². The quantitative estimate of drug-likeness (QED) is 0.577. The first kappa shape index (κ1) is 8.59. The van der Waals surface area contributed by atoms with Crippen molar-refractivity contribution in [3.8, 4) is 0 Å². The van der Waals surface area contributed by atoms with Crippen LogP contribution in [0.25, 0.3) is 0 Å². The van der Waals surface area contributed by atoms with Gasteiger partial charge in [0.05, 0.1) is 0 Å². The zero-order valence-electron chi connectivity index (χ0n) is 5.87. The van der Waals surface area contributed by atoms with Gasteiger partial charge in [0.25, 0.3) is 0 Å². The maximum absolute atomic E-state index is 8.76. The maximum Gasteiger partial charge on any atom is 0.488 e. The zero-order chi connectivity index (χ0) is 8.27. The fourth-order valence-electron chi connectivity index (χ4n) is 0.811. The molecule has 2 N–H and O–H groups in total. The fraction of sp³-hybridized carbons (Fsp3) is 0.143. The molecule has 1 aliphatic carbocycles. The molecule has 0 aromatic carbocycles. The number of hydrogen-bond acceptors (Lipinski definition) is 2. The molecule has 0 amide bonds. The van der Waals surface area contributed by atoms with Crippen LogP contribution in [0.3, 0.4) is 0 Å². The van der Waals surface area contributed by atoms with E-state index in [9.17, 15) is 0 Å². The first-order valence-electron chi connectivity index (χ1n) is 3.30. The summed E-state index contributed by atoms with van der Waals surface area (Å²) in [6.07, 6.45) is 7.39. The third-order valence-electron chi connectivity index (χ3n) is 1.40. The molecule has 58 valence electrons. The van der Waals surface area contributed by atoms with Crippen LogP contribution in [0, 0.1) is 0 Å². The Hall–Kier alpha value is -0.505. The maximum atomic E-state index is 8.76. The normalized spacial score (nSPS) is 17.0. The lowest BCUT2D eigenvalue weighted by Crippen LogP contribution is -2.13. The van der Waals surface area contributed by atoms with Crippen LogP contribution in [0.2, 0.25) is 0 Å². The summed E-state index contributed by atoms with van der Waals surface area (Å²) in [6, 6.07) is 0. The molecule has 1 rings (SSSR count). The summed E-state index contributed by atoms with van der Waals surface area (Å²) < 4.78 is 0. The molecule has 11 heavy (non-hydrogen) atoms. The number of hydrogen-bond donors (Lipinski definition) is 2. The Kier molecular flexibility index (Phi) is 2.94. The van der Waals surface area contributed by atoms with Gasteiger partial charge in [0, 0.05) is 5.03 Å². The molecule has 0 fully saturated rings. The van der Waals surface area contributed by atoms with Crippen molar-refractivity contribution in [1.82, 2.24) is 0 Å². The van der Waals surface area contributed by atoms with Crippen LogP contribution in [0.1, 0.15) is 6.42 Å². The van der Waals surface area contributed by atoms with Crippen LogP contribution in [-0.4, -0.2) is 17.2 Å². The Bertz CT molecular complexity index is 231. The summed E-state index contributed by atoms with van der Waals surface area (Å²) >= 11 is 5.67. The van der Waals surface area contributed by atoms with Crippen molar-refractivity contribution in [2.45, 2.75) is 6.42 Å². The average molecular weight is 170 g/mol. The number of rotatable bonds is 1. The van der Waals surface area contributed by atoms with E-state index < -0.39 is 7.12 Å². The molecule has 0 saturated heterocycles. The molecular weight excluding hydrogens is 162 g/mol. The third kappa shape index (κ3) is 2.54. The minimum Gasteiger partial charge on any atom is -0.423 e. The molecule has 0 bridgehead atoms. The van der Waals surface area contributed by atoms with E-state index in [2.05, 4.69) is 0 Å². The van der Waals surface area contributed by atoms with E-state index >= 15 is 0 Å². The molecule has 0 aromatic rings. The predicted octanol–water partition coefficient (Wildman–Crippen LogP) is 1.01. The molecular formula is C7H8BClO2. The van der Waals surface area contributed by atoms with Gasteiger partial charge in [0.15, 0.2) is 0 Å². The molecule has 0 saturated carbocycles. The number of halogens is 1. The van der Waals surface area contributed by atoms with Gasteiger partial charge < -0.3 is 10.0 Å². The van der Waals surface area contributed by atoms with Crippen molar-refractivity contribution in [2.75, 3.05) is 0 Å². The van der Waals surface area contributed by atoms with E-state index in [4.69, 9.17) is 21.6 Å². The standard InChI is InChI=1S/C7H8BClO2/c9-7-3-1-2-6(4-5-7)8(10)11/h2-5,10-11H,1H2. The lowest BCUT2D eigenvalue weighted by molar-refractivity contribution is 0.420. The van der Waals surface area contributed by atoms with Crippen molar-refractivity contribution in [2.24, 2.45) is 0 Å². The van der Waals surface area contributed by atoms with Crippen LogP contribution >= 0.6 is 11.6 Å². The van der Waals surface area contributed by atoms with Gasteiger partial charge in [-0.2, -0.15) is 0 Å². The predicted molar refractivity (Wildman–Crippen MR) is 46.0 cm³/mol. The number of allylic oxidation sites excluding steroid dienone is 6. The van der Waals surface area contributed by atoms with Gasteiger partial charge in [-0.25, -0.2) is 0 Å². The van der Waals surface area contributed by atoms with Gasteiger partial charge in [-0.05, 0) is 18.0 Å². The summed E-state index contributed by atoms with van der Waals surface area (Å²) in [7, 11) is -1.40. The average Bonchev–Trinajstić information content (AvgIpc) is 2.13. The zero-order valence-corrected chi connectivity index (χ0v) is 6.62. The van der Waals surface area contributed by atoms with E-state index in [1.54, 1.807) is 24.3 Å². The Balaban J connectivity index is 2.74. The summed E-state index contributed by atoms with van der Waals surface area (Å²) in [5, 5.41) is 18.1. The molecule has 1 aliphatic rings. The molecule has 0 unspecified atom stereocenters. The van der Waals surface area contributed by atoms with E-state index in [0.717, 1.165) is 0 Å². The Morgan fingerprint density at radius 2 is 2.00 bits per heavy atom. The van der Waals surface area contributed by atoms with Gasteiger partial charge in [-0.15, -0.1) is 0 Å². The van der Waals surface area contributed by atoms with E-state index in [1.807, 2.05) is 0 Å². The Morgan fingerprint density at radius 1 is 1.27 bits per heavy atom. The first-order valence-corrected chi connectivity index (χ1v) is 3.68. The lowest BCUT2D eigenvalue weighted by atomic mass is 9.79. The second kappa shape index (κ2) is 3.76. The lowest BCUT2D eigenvalue weighted by Gasteiger charge is -1.95. The van der Waals surface area contributed by atoms with Gasteiger partial charge >= 0.3 is 7.12 Å². The highest BCUT2D eigenvalue weighted by Gasteiger charge is 2.11. The van der Waals surface area contributed by atoms with E-state index in [1.165, 1.54) is 0 Å². The van der Waals surface area contributed by atoms with Crippen LogP contribution in [0.5, 0.6) is 0 Å². The molecule has 0 radical (unpaired) electrons. The molecule has 0 aromatic heterocycles. The fourth-order valence-corrected chi connectivity index (χ4v) is 0.963. The van der Waals surface area contributed by atoms with Crippen LogP contribution in [-0.2, 0) is 0 Å². The summed E-state index contributed by atoms with van der Waals surface area (Å²) in [4.78, 5) is 0. The molecule has 4 heteroatoms. The molecule has 2 nitrogen and oxygen atoms in total. The van der Waals surface area contributed by atoms with Gasteiger partial charge in [-0.3, -0.25) is 0 Å². The largest absolute Gasteiger partial charge is 0.488 e. The Morgan fingerprint density at radius 3 is 2.64 bits per heavy atom. The van der Waals surface area contributed by atoms with Crippen molar-refractivity contribution in [3.63, 3.8) is 0 Å². The molecule has 0 heterocycles.